The van der Waals surface area contributed by atoms with Crippen molar-refractivity contribution in [1.29, 1.82) is 0 Å². The standard InChI is InChI=1S/C17H26FNO/c1-14(2)12-19-13-17(7-9-20-10-8-17)11-15-5-3-4-6-16(15)18/h3-6,14,19H,7-13H2,1-2H3. The van der Waals surface area contributed by atoms with Gasteiger partial charge in [-0.2, -0.15) is 0 Å². The average Bonchev–Trinajstić information content (AvgIpc) is 2.42. The maximum Gasteiger partial charge on any atom is 0.126 e. The Morgan fingerprint density at radius 3 is 2.60 bits per heavy atom. The van der Waals surface area contributed by atoms with E-state index in [2.05, 4.69) is 19.2 Å². The Bertz CT molecular complexity index is 413. The molecule has 1 aliphatic rings. The zero-order valence-corrected chi connectivity index (χ0v) is 12.6. The summed E-state index contributed by atoms with van der Waals surface area (Å²) in [5.41, 5.74) is 0.968. The number of rotatable bonds is 6. The molecule has 0 aromatic heterocycles. The van der Waals surface area contributed by atoms with Gasteiger partial charge in [-0.15, -0.1) is 0 Å². The largest absolute Gasteiger partial charge is 0.381 e. The first-order valence-corrected chi connectivity index (χ1v) is 7.63. The van der Waals surface area contributed by atoms with Crippen LogP contribution in [0.3, 0.4) is 0 Å². The van der Waals surface area contributed by atoms with Crippen LogP contribution >= 0.6 is 0 Å². The quantitative estimate of drug-likeness (QED) is 0.861. The van der Waals surface area contributed by atoms with Crippen LogP contribution in [0.2, 0.25) is 0 Å². The van der Waals surface area contributed by atoms with Crippen LogP contribution in [0.4, 0.5) is 4.39 Å². The molecule has 0 amide bonds. The van der Waals surface area contributed by atoms with Crippen LogP contribution < -0.4 is 5.32 Å². The van der Waals surface area contributed by atoms with Crippen molar-refractivity contribution in [2.24, 2.45) is 11.3 Å². The van der Waals surface area contributed by atoms with Crippen molar-refractivity contribution in [2.45, 2.75) is 33.1 Å². The first-order chi connectivity index (χ1) is 9.61. The molecule has 0 radical (unpaired) electrons. The molecular weight excluding hydrogens is 253 g/mol. The molecule has 1 N–H and O–H groups in total. The van der Waals surface area contributed by atoms with E-state index in [-0.39, 0.29) is 11.2 Å². The molecular formula is C17H26FNO. The van der Waals surface area contributed by atoms with E-state index in [1.165, 1.54) is 0 Å². The van der Waals surface area contributed by atoms with E-state index >= 15 is 0 Å². The molecule has 20 heavy (non-hydrogen) atoms. The Morgan fingerprint density at radius 2 is 1.95 bits per heavy atom. The van der Waals surface area contributed by atoms with E-state index in [4.69, 9.17) is 4.74 Å². The van der Waals surface area contributed by atoms with Gasteiger partial charge in [0.05, 0.1) is 0 Å². The first-order valence-electron chi connectivity index (χ1n) is 7.63. The number of halogens is 1. The monoisotopic (exact) mass is 279 g/mol. The van der Waals surface area contributed by atoms with Gasteiger partial charge in [-0.1, -0.05) is 32.0 Å². The van der Waals surface area contributed by atoms with Gasteiger partial charge in [0.1, 0.15) is 5.82 Å². The maximum atomic E-state index is 13.9. The number of hydrogen-bond donors (Lipinski definition) is 1. The van der Waals surface area contributed by atoms with Crippen LogP contribution in [0, 0.1) is 17.2 Å². The molecule has 112 valence electrons. The molecule has 1 saturated heterocycles. The van der Waals surface area contributed by atoms with Crippen LogP contribution in [0.5, 0.6) is 0 Å². The fraction of sp³-hybridized carbons (Fsp3) is 0.647. The van der Waals surface area contributed by atoms with Crippen LogP contribution in [-0.2, 0) is 11.2 Å². The highest BCUT2D eigenvalue weighted by Gasteiger charge is 2.33. The van der Waals surface area contributed by atoms with E-state index in [0.29, 0.717) is 5.92 Å². The predicted octanol–water partition coefficient (Wildman–Crippen LogP) is 3.41. The third-order valence-electron chi connectivity index (χ3n) is 4.13. The maximum absolute atomic E-state index is 13.9. The molecule has 1 aliphatic heterocycles. The minimum Gasteiger partial charge on any atom is -0.381 e. The van der Waals surface area contributed by atoms with Gasteiger partial charge < -0.3 is 10.1 Å². The number of ether oxygens (including phenoxy) is 1. The van der Waals surface area contributed by atoms with Gasteiger partial charge >= 0.3 is 0 Å². The molecule has 0 spiro atoms. The van der Waals surface area contributed by atoms with Crippen LogP contribution in [0.1, 0.15) is 32.3 Å². The predicted molar refractivity (Wildman–Crippen MR) is 80.3 cm³/mol. The average molecular weight is 279 g/mol. The minimum atomic E-state index is -0.0813. The zero-order chi connectivity index (χ0) is 14.4. The molecule has 0 saturated carbocycles. The van der Waals surface area contributed by atoms with Gasteiger partial charge in [0, 0.05) is 19.8 Å². The molecule has 3 heteroatoms. The fourth-order valence-electron chi connectivity index (χ4n) is 2.89. The zero-order valence-electron chi connectivity index (χ0n) is 12.6. The lowest BCUT2D eigenvalue weighted by atomic mass is 9.75. The Hall–Kier alpha value is -0.930. The first kappa shape index (κ1) is 15.5. The summed E-state index contributed by atoms with van der Waals surface area (Å²) < 4.78 is 19.4. The second-order valence-corrected chi connectivity index (χ2v) is 6.41. The van der Waals surface area contributed by atoms with Crippen molar-refractivity contribution in [3.8, 4) is 0 Å². The van der Waals surface area contributed by atoms with E-state index in [0.717, 1.165) is 51.1 Å². The summed E-state index contributed by atoms with van der Waals surface area (Å²) >= 11 is 0. The van der Waals surface area contributed by atoms with Crippen molar-refractivity contribution in [3.05, 3.63) is 35.6 Å². The smallest absolute Gasteiger partial charge is 0.126 e. The summed E-state index contributed by atoms with van der Waals surface area (Å²) in [4.78, 5) is 0. The summed E-state index contributed by atoms with van der Waals surface area (Å²) in [7, 11) is 0. The fourth-order valence-corrected chi connectivity index (χ4v) is 2.89. The SMILES string of the molecule is CC(C)CNCC1(Cc2ccccc2F)CCOCC1. The van der Waals surface area contributed by atoms with E-state index in [1.807, 2.05) is 12.1 Å². The van der Waals surface area contributed by atoms with Gasteiger partial charge in [-0.3, -0.25) is 0 Å². The second-order valence-electron chi connectivity index (χ2n) is 6.41. The lowest BCUT2D eigenvalue weighted by Gasteiger charge is -2.38. The molecule has 1 fully saturated rings. The van der Waals surface area contributed by atoms with Crippen molar-refractivity contribution >= 4 is 0 Å². The van der Waals surface area contributed by atoms with Gasteiger partial charge in [-0.25, -0.2) is 4.39 Å². The minimum absolute atomic E-state index is 0.0813. The lowest BCUT2D eigenvalue weighted by molar-refractivity contribution is 0.0143. The number of hydrogen-bond acceptors (Lipinski definition) is 2. The topological polar surface area (TPSA) is 21.3 Å². The van der Waals surface area contributed by atoms with Crippen molar-refractivity contribution < 1.29 is 9.13 Å². The van der Waals surface area contributed by atoms with Gasteiger partial charge in [0.2, 0.25) is 0 Å². The van der Waals surface area contributed by atoms with E-state index < -0.39 is 0 Å². The highest BCUT2D eigenvalue weighted by atomic mass is 19.1. The Morgan fingerprint density at radius 1 is 1.25 bits per heavy atom. The highest BCUT2D eigenvalue weighted by molar-refractivity contribution is 5.19. The summed E-state index contributed by atoms with van der Waals surface area (Å²) in [5.74, 6) is 0.558. The second kappa shape index (κ2) is 7.19. The van der Waals surface area contributed by atoms with Crippen LogP contribution in [0.15, 0.2) is 24.3 Å². The molecule has 0 unspecified atom stereocenters. The molecule has 0 aliphatic carbocycles. The summed E-state index contributed by atoms with van der Waals surface area (Å²) in [5, 5.41) is 3.56. The summed E-state index contributed by atoms with van der Waals surface area (Å²) in [6.07, 6.45) is 2.81. The third-order valence-corrected chi connectivity index (χ3v) is 4.13. The van der Waals surface area contributed by atoms with Gasteiger partial charge in [-0.05, 0) is 48.8 Å². The molecule has 1 aromatic carbocycles. The summed E-state index contributed by atoms with van der Waals surface area (Å²) in [6.45, 7) is 7.96. The molecule has 1 heterocycles. The normalized spacial score (nSPS) is 18.4. The van der Waals surface area contributed by atoms with Crippen molar-refractivity contribution in [3.63, 3.8) is 0 Å². The molecule has 0 atom stereocenters. The molecule has 1 aromatic rings. The van der Waals surface area contributed by atoms with E-state index in [1.54, 1.807) is 12.1 Å². The Labute approximate surface area is 121 Å². The number of nitrogens with one attached hydrogen (secondary N) is 1. The molecule has 2 nitrogen and oxygen atoms in total. The Kier molecular flexibility index (Phi) is 5.55. The lowest BCUT2D eigenvalue weighted by Crippen LogP contribution is -2.42. The highest BCUT2D eigenvalue weighted by Crippen LogP contribution is 2.34. The molecule has 2 rings (SSSR count). The number of benzene rings is 1. The van der Waals surface area contributed by atoms with Crippen LogP contribution in [-0.4, -0.2) is 26.3 Å². The van der Waals surface area contributed by atoms with Crippen molar-refractivity contribution in [1.82, 2.24) is 5.32 Å². The van der Waals surface area contributed by atoms with Gasteiger partial charge in [0.25, 0.3) is 0 Å². The van der Waals surface area contributed by atoms with Crippen LogP contribution in [0.25, 0.3) is 0 Å². The molecule has 0 bridgehead atoms. The van der Waals surface area contributed by atoms with Crippen molar-refractivity contribution in [2.75, 3.05) is 26.3 Å². The third kappa shape index (κ3) is 4.29. The Balaban J connectivity index is 2.04. The van der Waals surface area contributed by atoms with E-state index in [9.17, 15) is 4.39 Å². The van der Waals surface area contributed by atoms with Gasteiger partial charge in [0.15, 0.2) is 0 Å². The summed E-state index contributed by atoms with van der Waals surface area (Å²) in [6, 6.07) is 7.15.